The van der Waals surface area contributed by atoms with Gasteiger partial charge in [-0.05, 0) is 72.9 Å². The number of Topliss-reactive ketones (excluding diaryl/α,β-unsaturated/α-hetero) is 1. The Hall–Kier alpha value is -2.41. The number of rotatable bonds is 6. The summed E-state index contributed by atoms with van der Waals surface area (Å²) in [6.07, 6.45) is 5.16. The van der Waals surface area contributed by atoms with Gasteiger partial charge in [0.1, 0.15) is 11.2 Å². The van der Waals surface area contributed by atoms with E-state index in [1.807, 2.05) is 12.2 Å². The van der Waals surface area contributed by atoms with E-state index in [0.29, 0.717) is 5.57 Å². The van der Waals surface area contributed by atoms with Crippen molar-refractivity contribution in [3.8, 4) is 0 Å². The fourth-order valence-corrected chi connectivity index (χ4v) is 8.33. The number of thiazole rings is 1. The number of benzene rings is 2. The van der Waals surface area contributed by atoms with Crippen LogP contribution in [0.5, 0.6) is 0 Å². The standard InChI is InChI=1S/C34H43N2O2S2/c1-9-35-25-13-11-21(19-33(3,4)5)15-27(25)39-29(35)17-23-31(37)24(32(23)38)18-30-36(10-2)26-14-12-22(16-28(26)40-30)20-34(6,7)8/h11-18,23,31,37H,9-10,19-20H2,1-8H3/q+1. The SMILES string of the molecule is CCN1C(=CC2C(=O)C(=Cc3sc4cc(CC(C)(C)C)ccc4[n+]3CC)C2O)Sc2cc(CC(C)(C)C)ccc21. The van der Waals surface area contributed by atoms with Gasteiger partial charge in [0, 0.05) is 29.2 Å². The molecule has 2 heterocycles. The summed E-state index contributed by atoms with van der Waals surface area (Å²) in [5.41, 5.74) is 6.00. The number of ketones is 1. The van der Waals surface area contributed by atoms with Crippen LogP contribution in [0.3, 0.4) is 0 Å². The quantitative estimate of drug-likeness (QED) is 0.241. The number of fused-ring (bicyclic) bond motifs is 2. The number of hydrogen-bond acceptors (Lipinski definition) is 5. The van der Waals surface area contributed by atoms with Crippen molar-refractivity contribution >= 4 is 50.9 Å². The molecule has 1 aliphatic heterocycles. The number of carbonyl (C=O) groups excluding carboxylic acids is 1. The van der Waals surface area contributed by atoms with Gasteiger partial charge in [-0.25, -0.2) is 0 Å². The van der Waals surface area contributed by atoms with Gasteiger partial charge in [-0.2, -0.15) is 4.57 Å². The lowest BCUT2D eigenvalue weighted by molar-refractivity contribution is -0.665. The minimum atomic E-state index is -0.786. The van der Waals surface area contributed by atoms with Crippen LogP contribution in [0.4, 0.5) is 5.69 Å². The molecule has 4 nitrogen and oxygen atoms in total. The first kappa shape index (κ1) is 29.1. The average Bonchev–Trinajstić information content (AvgIpc) is 3.39. The van der Waals surface area contributed by atoms with Crippen LogP contribution in [0.25, 0.3) is 16.3 Å². The number of nitrogens with zero attached hydrogens (tertiary/aromatic N) is 2. The van der Waals surface area contributed by atoms with Crippen molar-refractivity contribution in [1.29, 1.82) is 0 Å². The molecule has 40 heavy (non-hydrogen) atoms. The summed E-state index contributed by atoms with van der Waals surface area (Å²) in [6.45, 7) is 19.5. The molecule has 1 aliphatic carbocycles. The van der Waals surface area contributed by atoms with E-state index in [0.717, 1.165) is 36.0 Å². The van der Waals surface area contributed by atoms with E-state index in [4.69, 9.17) is 0 Å². The second-order valence-corrected chi connectivity index (χ2v) is 15.7. The molecule has 3 aromatic rings. The molecule has 6 heteroatoms. The van der Waals surface area contributed by atoms with Crippen LogP contribution >= 0.6 is 23.1 Å². The number of carbonyl (C=O) groups is 1. The van der Waals surface area contributed by atoms with E-state index in [9.17, 15) is 9.90 Å². The van der Waals surface area contributed by atoms with E-state index >= 15 is 0 Å². The molecule has 0 bridgehead atoms. The lowest BCUT2D eigenvalue weighted by Crippen LogP contribution is -2.44. The highest BCUT2D eigenvalue weighted by molar-refractivity contribution is 8.03. The Balaban J connectivity index is 1.38. The predicted molar refractivity (Wildman–Crippen MR) is 170 cm³/mol. The van der Waals surface area contributed by atoms with Crippen molar-refractivity contribution in [2.24, 2.45) is 16.7 Å². The van der Waals surface area contributed by atoms with E-state index in [1.165, 1.54) is 31.9 Å². The molecule has 1 aromatic heterocycles. The summed E-state index contributed by atoms with van der Waals surface area (Å²) < 4.78 is 3.47. The minimum absolute atomic E-state index is 0.0227. The van der Waals surface area contributed by atoms with E-state index in [-0.39, 0.29) is 16.6 Å². The summed E-state index contributed by atoms with van der Waals surface area (Å²) in [6, 6.07) is 13.4. The molecule has 0 saturated heterocycles. The van der Waals surface area contributed by atoms with Gasteiger partial charge in [0.25, 0.3) is 5.01 Å². The summed E-state index contributed by atoms with van der Waals surface area (Å²) >= 11 is 3.41. The molecule has 1 saturated carbocycles. The third-order valence-corrected chi connectivity index (χ3v) is 9.75. The van der Waals surface area contributed by atoms with Crippen LogP contribution in [0.1, 0.15) is 71.5 Å². The average molecular weight is 576 g/mol. The van der Waals surface area contributed by atoms with Crippen molar-refractivity contribution in [3.63, 3.8) is 0 Å². The van der Waals surface area contributed by atoms with Crippen LogP contribution in [-0.4, -0.2) is 23.5 Å². The molecule has 2 atom stereocenters. The van der Waals surface area contributed by atoms with E-state index in [2.05, 4.69) is 101 Å². The summed E-state index contributed by atoms with van der Waals surface area (Å²) in [5.74, 6) is -0.483. The molecular weight excluding hydrogens is 533 g/mol. The maximum Gasteiger partial charge on any atom is 0.263 e. The van der Waals surface area contributed by atoms with Gasteiger partial charge in [0.15, 0.2) is 5.78 Å². The summed E-state index contributed by atoms with van der Waals surface area (Å²) in [4.78, 5) is 16.9. The number of aryl methyl sites for hydroxylation is 1. The molecule has 0 amide bonds. The smallest absolute Gasteiger partial charge is 0.263 e. The second-order valence-electron chi connectivity index (χ2n) is 13.5. The fourth-order valence-electron chi connectivity index (χ4n) is 5.82. The van der Waals surface area contributed by atoms with E-state index < -0.39 is 12.0 Å². The Morgan fingerprint density at radius 1 is 0.975 bits per heavy atom. The molecule has 5 rings (SSSR count). The van der Waals surface area contributed by atoms with Gasteiger partial charge in [-0.3, -0.25) is 4.79 Å². The van der Waals surface area contributed by atoms with Crippen molar-refractivity contribution < 1.29 is 14.5 Å². The van der Waals surface area contributed by atoms with Crippen LogP contribution in [0.2, 0.25) is 0 Å². The number of aromatic nitrogens is 1. The molecule has 0 spiro atoms. The van der Waals surface area contributed by atoms with Crippen LogP contribution in [0.15, 0.2) is 58.0 Å². The maximum absolute atomic E-state index is 13.4. The molecule has 2 aliphatic rings. The highest BCUT2D eigenvalue weighted by Gasteiger charge is 2.44. The largest absolute Gasteiger partial charge is 0.387 e. The summed E-state index contributed by atoms with van der Waals surface area (Å²) in [7, 11) is 0. The highest BCUT2D eigenvalue weighted by atomic mass is 32.2. The zero-order chi connectivity index (χ0) is 29.0. The summed E-state index contributed by atoms with van der Waals surface area (Å²) in [5, 5.41) is 13.2. The van der Waals surface area contributed by atoms with Crippen molar-refractivity contribution in [2.75, 3.05) is 11.4 Å². The zero-order valence-electron chi connectivity index (χ0n) is 25.2. The second kappa shape index (κ2) is 10.8. The number of aliphatic hydroxyl groups excluding tert-OH is 1. The minimum Gasteiger partial charge on any atom is -0.387 e. The number of aliphatic hydroxyl groups is 1. The Labute approximate surface area is 247 Å². The Kier molecular flexibility index (Phi) is 7.84. The Morgan fingerprint density at radius 3 is 2.23 bits per heavy atom. The van der Waals surface area contributed by atoms with Gasteiger partial charge in [0.2, 0.25) is 5.52 Å². The molecule has 0 radical (unpaired) electrons. The highest BCUT2D eigenvalue weighted by Crippen LogP contribution is 2.48. The molecule has 1 fully saturated rings. The van der Waals surface area contributed by atoms with Gasteiger partial charge in [-0.1, -0.05) is 76.8 Å². The fraction of sp³-hybridized carbons (Fsp3) is 0.471. The van der Waals surface area contributed by atoms with Crippen molar-refractivity contribution in [3.05, 3.63) is 69.2 Å². The van der Waals surface area contributed by atoms with Gasteiger partial charge >= 0.3 is 0 Å². The molecule has 2 unspecified atom stereocenters. The molecular formula is C34H43N2O2S2+. The van der Waals surface area contributed by atoms with Crippen LogP contribution in [0, 0.1) is 16.7 Å². The lowest BCUT2D eigenvalue weighted by Gasteiger charge is -2.32. The maximum atomic E-state index is 13.4. The van der Waals surface area contributed by atoms with Gasteiger partial charge in [0.05, 0.1) is 22.7 Å². The first-order chi connectivity index (χ1) is 18.8. The third kappa shape index (κ3) is 5.81. The Bertz CT molecular complexity index is 1520. The first-order valence-electron chi connectivity index (χ1n) is 14.5. The molecule has 1 N–H and O–H groups in total. The van der Waals surface area contributed by atoms with Crippen molar-refractivity contribution in [1.82, 2.24) is 0 Å². The monoisotopic (exact) mass is 575 g/mol. The number of anilines is 1. The molecule has 212 valence electrons. The van der Waals surface area contributed by atoms with Crippen LogP contribution < -0.4 is 9.47 Å². The molecule has 2 aromatic carbocycles. The first-order valence-corrected chi connectivity index (χ1v) is 16.1. The Morgan fingerprint density at radius 2 is 1.62 bits per heavy atom. The van der Waals surface area contributed by atoms with Gasteiger partial charge in [-0.15, -0.1) is 0 Å². The number of hydrogen-bond donors (Lipinski definition) is 1. The number of thioether (sulfide) groups is 1. The topological polar surface area (TPSA) is 44.4 Å². The van der Waals surface area contributed by atoms with Crippen molar-refractivity contribution in [2.45, 2.75) is 85.8 Å². The van der Waals surface area contributed by atoms with Gasteiger partial charge < -0.3 is 10.0 Å². The van der Waals surface area contributed by atoms with E-state index in [1.54, 1.807) is 23.1 Å². The normalized spacial score (nSPS) is 21.5. The zero-order valence-corrected chi connectivity index (χ0v) is 26.8. The van der Waals surface area contributed by atoms with Crippen LogP contribution in [-0.2, 0) is 24.2 Å². The lowest BCUT2D eigenvalue weighted by atomic mass is 9.75. The third-order valence-electron chi connectivity index (χ3n) is 7.54. The predicted octanol–water partition coefficient (Wildman–Crippen LogP) is 7.80.